The van der Waals surface area contributed by atoms with Crippen molar-refractivity contribution in [3.05, 3.63) is 85.1 Å². The van der Waals surface area contributed by atoms with Gasteiger partial charge in [0.05, 0.1) is 21.6 Å². The van der Waals surface area contributed by atoms with Gasteiger partial charge in [-0.2, -0.15) is 0 Å². The second-order valence-electron chi connectivity index (χ2n) is 6.53. The third kappa shape index (κ3) is 2.60. The van der Waals surface area contributed by atoms with Gasteiger partial charge in [0.15, 0.2) is 0 Å². The predicted octanol–water partition coefficient (Wildman–Crippen LogP) is 3.59. The van der Waals surface area contributed by atoms with Crippen LogP contribution in [-0.2, 0) is 10.0 Å². The molecule has 2 aromatic heterocycles. The largest absolute Gasteiger partial charge is 0.283 e. The van der Waals surface area contributed by atoms with E-state index in [1.807, 2.05) is 69.8 Å². The van der Waals surface area contributed by atoms with Crippen LogP contribution in [0.4, 0.5) is 0 Å². The van der Waals surface area contributed by atoms with E-state index in [9.17, 15) is 8.42 Å². The molecule has 2 heterocycles. The molecule has 0 fully saturated rings. The zero-order chi connectivity index (χ0) is 19.3. The fourth-order valence-electron chi connectivity index (χ4n) is 3.46. The maximum atomic E-state index is 11.6. The standard InChI is InChI=1S/C21H16N4O2S/c22-28(26,27)17-12-10-16(11-13-17)25-20(15-6-2-1-3-7-15)14-24-19-9-5-4-8-18(19)23-21(24)25/h1-14H,(H2,22,26,27). The first-order valence-corrected chi connectivity index (χ1v) is 10.2. The number of para-hydroxylation sites is 2. The second-order valence-corrected chi connectivity index (χ2v) is 8.09. The first kappa shape index (κ1) is 16.7. The van der Waals surface area contributed by atoms with Gasteiger partial charge in [0.1, 0.15) is 0 Å². The van der Waals surface area contributed by atoms with E-state index in [1.54, 1.807) is 12.1 Å². The molecule has 0 saturated carbocycles. The van der Waals surface area contributed by atoms with E-state index in [-0.39, 0.29) is 4.90 Å². The van der Waals surface area contributed by atoms with Gasteiger partial charge in [-0.15, -0.1) is 0 Å². The van der Waals surface area contributed by atoms with Crippen molar-refractivity contribution in [3.8, 4) is 16.9 Å². The van der Waals surface area contributed by atoms with Gasteiger partial charge in [0, 0.05) is 17.4 Å². The minimum absolute atomic E-state index is 0.0780. The Hall–Kier alpha value is -3.42. The van der Waals surface area contributed by atoms with Crippen LogP contribution in [0.3, 0.4) is 0 Å². The number of aromatic nitrogens is 3. The third-order valence-corrected chi connectivity index (χ3v) is 5.69. The molecule has 0 unspecified atom stereocenters. The molecule has 0 aliphatic carbocycles. The van der Waals surface area contributed by atoms with E-state index in [4.69, 9.17) is 10.1 Å². The molecule has 3 aromatic carbocycles. The summed E-state index contributed by atoms with van der Waals surface area (Å²) in [6.07, 6.45) is 2.05. The van der Waals surface area contributed by atoms with Crippen molar-refractivity contribution in [1.82, 2.24) is 14.0 Å². The van der Waals surface area contributed by atoms with Crippen LogP contribution in [0.5, 0.6) is 0 Å². The van der Waals surface area contributed by atoms with Crippen molar-refractivity contribution in [1.29, 1.82) is 0 Å². The molecule has 0 saturated heterocycles. The lowest BCUT2D eigenvalue weighted by Gasteiger charge is -2.09. The first-order valence-electron chi connectivity index (χ1n) is 8.69. The number of nitrogens with two attached hydrogens (primary N) is 1. The van der Waals surface area contributed by atoms with Crippen LogP contribution < -0.4 is 5.14 Å². The van der Waals surface area contributed by atoms with Crippen molar-refractivity contribution in [2.75, 3.05) is 0 Å². The summed E-state index contributed by atoms with van der Waals surface area (Å²) in [5.41, 5.74) is 4.70. The summed E-state index contributed by atoms with van der Waals surface area (Å²) < 4.78 is 27.3. The molecule has 0 atom stereocenters. The van der Waals surface area contributed by atoms with Crippen LogP contribution in [0.2, 0.25) is 0 Å². The summed E-state index contributed by atoms with van der Waals surface area (Å²) in [5, 5.41) is 5.24. The molecule has 28 heavy (non-hydrogen) atoms. The zero-order valence-electron chi connectivity index (χ0n) is 14.7. The summed E-state index contributed by atoms with van der Waals surface area (Å²) in [6, 6.07) is 24.5. The second kappa shape index (κ2) is 6.05. The fraction of sp³-hybridized carbons (Fsp3) is 0. The number of imidazole rings is 2. The zero-order valence-corrected chi connectivity index (χ0v) is 15.5. The van der Waals surface area contributed by atoms with E-state index < -0.39 is 10.0 Å². The summed E-state index contributed by atoms with van der Waals surface area (Å²) in [6.45, 7) is 0. The van der Waals surface area contributed by atoms with Crippen molar-refractivity contribution >= 4 is 26.8 Å². The van der Waals surface area contributed by atoms with Gasteiger partial charge in [-0.05, 0) is 36.4 Å². The molecule has 0 aliphatic heterocycles. The van der Waals surface area contributed by atoms with Crippen LogP contribution in [0.25, 0.3) is 33.8 Å². The molecule has 5 rings (SSSR count). The van der Waals surface area contributed by atoms with Crippen LogP contribution in [-0.4, -0.2) is 22.4 Å². The molecule has 6 nitrogen and oxygen atoms in total. The lowest BCUT2D eigenvalue weighted by atomic mass is 10.1. The summed E-state index contributed by atoms with van der Waals surface area (Å²) in [5.74, 6) is 0.753. The quantitative estimate of drug-likeness (QED) is 0.513. The molecule has 0 aliphatic rings. The molecule has 7 heteroatoms. The van der Waals surface area contributed by atoms with Crippen molar-refractivity contribution in [2.45, 2.75) is 4.90 Å². The Morgan fingerprint density at radius 3 is 2.21 bits per heavy atom. The van der Waals surface area contributed by atoms with Crippen molar-refractivity contribution in [2.24, 2.45) is 5.14 Å². The van der Waals surface area contributed by atoms with Crippen LogP contribution in [0.15, 0.2) is 90.0 Å². The van der Waals surface area contributed by atoms with E-state index >= 15 is 0 Å². The van der Waals surface area contributed by atoms with Crippen LogP contribution in [0, 0.1) is 0 Å². The Morgan fingerprint density at radius 1 is 0.821 bits per heavy atom. The number of primary sulfonamides is 1. The van der Waals surface area contributed by atoms with Crippen molar-refractivity contribution in [3.63, 3.8) is 0 Å². The monoisotopic (exact) mass is 388 g/mol. The Balaban J connectivity index is 1.82. The molecule has 0 bridgehead atoms. The molecule has 0 amide bonds. The Morgan fingerprint density at radius 2 is 1.50 bits per heavy atom. The number of hydrogen-bond donors (Lipinski definition) is 1. The molecule has 2 N–H and O–H groups in total. The highest BCUT2D eigenvalue weighted by molar-refractivity contribution is 7.89. The minimum atomic E-state index is -3.74. The summed E-state index contributed by atoms with van der Waals surface area (Å²) >= 11 is 0. The van der Waals surface area contributed by atoms with Gasteiger partial charge in [-0.3, -0.25) is 8.97 Å². The minimum Gasteiger partial charge on any atom is -0.283 e. The van der Waals surface area contributed by atoms with Gasteiger partial charge in [0.25, 0.3) is 0 Å². The SMILES string of the molecule is NS(=O)(=O)c1ccc(-n2c(-c3ccccc3)cn3c4ccccc4nc23)cc1. The molecule has 138 valence electrons. The van der Waals surface area contributed by atoms with Gasteiger partial charge >= 0.3 is 0 Å². The maximum Gasteiger partial charge on any atom is 0.238 e. The summed E-state index contributed by atoms with van der Waals surface area (Å²) in [7, 11) is -3.74. The van der Waals surface area contributed by atoms with Gasteiger partial charge in [0.2, 0.25) is 15.8 Å². The number of sulfonamides is 1. The van der Waals surface area contributed by atoms with Crippen molar-refractivity contribution < 1.29 is 8.42 Å². The highest BCUT2D eigenvalue weighted by atomic mass is 32.2. The third-order valence-electron chi connectivity index (χ3n) is 4.76. The number of nitrogens with zero attached hydrogens (tertiary/aromatic N) is 3. The highest BCUT2D eigenvalue weighted by Crippen LogP contribution is 2.30. The predicted molar refractivity (Wildman–Crippen MR) is 109 cm³/mol. The number of benzene rings is 3. The van der Waals surface area contributed by atoms with E-state index in [0.717, 1.165) is 33.8 Å². The first-order chi connectivity index (χ1) is 13.5. The average Bonchev–Trinajstić information content (AvgIpc) is 3.24. The Bertz CT molecular complexity index is 1420. The van der Waals surface area contributed by atoms with Gasteiger partial charge in [-0.1, -0.05) is 42.5 Å². The number of fused-ring (bicyclic) bond motifs is 3. The van der Waals surface area contributed by atoms with Crippen LogP contribution in [0.1, 0.15) is 0 Å². The topological polar surface area (TPSA) is 82.4 Å². The smallest absolute Gasteiger partial charge is 0.238 e. The van der Waals surface area contributed by atoms with E-state index in [1.165, 1.54) is 12.1 Å². The summed E-state index contributed by atoms with van der Waals surface area (Å²) in [4.78, 5) is 4.87. The normalized spacial score (nSPS) is 12.0. The molecule has 0 spiro atoms. The van der Waals surface area contributed by atoms with E-state index in [2.05, 4.69) is 0 Å². The number of hydrogen-bond acceptors (Lipinski definition) is 3. The molecular weight excluding hydrogens is 372 g/mol. The molecule has 0 radical (unpaired) electrons. The molecule has 5 aromatic rings. The van der Waals surface area contributed by atoms with Crippen LogP contribution >= 0.6 is 0 Å². The fourth-order valence-corrected chi connectivity index (χ4v) is 3.97. The lowest BCUT2D eigenvalue weighted by Crippen LogP contribution is -2.12. The lowest BCUT2D eigenvalue weighted by molar-refractivity contribution is 0.598. The van der Waals surface area contributed by atoms with Gasteiger partial charge in [-0.25, -0.2) is 18.5 Å². The van der Waals surface area contributed by atoms with Gasteiger partial charge < -0.3 is 0 Å². The van der Waals surface area contributed by atoms with E-state index in [0.29, 0.717) is 0 Å². The maximum absolute atomic E-state index is 11.6. The Kier molecular flexibility index (Phi) is 3.61. The average molecular weight is 388 g/mol. The Labute approximate surface area is 161 Å². The highest BCUT2D eigenvalue weighted by Gasteiger charge is 2.17. The molecular formula is C21H16N4O2S. The number of rotatable bonds is 3.